The van der Waals surface area contributed by atoms with Gasteiger partial charge in [-0.1, -0.05) is 95.9 Å². The third kappa shape index (κ3) is 31.4. The molecule has 0 aliphatic carbocycles. The molecule has 1 fully saturated rings. The summed E-state index contributed by atoms with van der Waals surface area (Å²) in [6.07, 6.45) is -13.4. The van der Waals surface area contributed by atoms with E-state index < -0.39 is 259 Å². The van der Waals surface area contributed by atoms with Gasteiger partial charge in [-0.2, -0.15) is 0 Å². The Morgan fingerprint density at radius 1 is 0.589 bits per heavy atom. The Labute approximate surface area is 654 Å². The molecule has 1 aliphatic heterocycles. The third-order valence-electron chi connectivity index (χ3n) is 20.2. The first-order valence-corrected chi connectivity index (χ1v) is 37.8. The number of esters is 1. The van der Waals surface area contributed by atoms with Crippen LogP contribution in [0.15, 0.2) is 0 Å². The summed E-state index contributed by atoms with van der Waals surface area (Å²) in [7, 11) is 3.02. The molecule has 11 unspecified atom stereocenters. The molecule has 1 saturated heterocycles. The van der Waals surface area contributed by atoms with Gasteiger partial charge in [0, 0.05) is 47.0 Å². The average Bonchev–Trinajstić information content (AvgIpc) is 0.890. The zero-order valence-corrected chi connectivity index (χ0v) is 67.7. The number of primary amides is 4. The molecule has 40 nitrogen and oxygen atoms in total. The molecule has 1 rings (SSSR count). The molecule has 0 radical (unpaired) electrons. The summed E-state index contributed by atoms with van der Waals surface area (Å²) < 4.78 is 11.2. The monoisotopic (exact) mass is 1600 g/mol. The maximum absolute atomic E-state index is 15.2. The van der Waals surface area contributed by atoms with Crippen LogP contribution < -0.4 is 81.8 Å². The number of rotatable bonds is 38. The van der Waals surface area contributed by atoms with Gasteiger partial charge in [0.1, 0.15) is 72.6 Å². The van der Waals surface area contributed by atoms with Crippen LogP contribution >= 0.6 is 0 Å². The molecular weight excluding hydrogens is 1470 g/mol. The summed E-state index contributed by atoms with van der Waals surface area (Å²) in [5.74, 6) is -26.4. The Kier molecular flexibility index (Phi) is 43.1. The molecule has 638 valence electrons. The highest BCUT2D eigenvalue weighted by molar-refractivity contribution is 6.02. The van der Waals surface area contributed by atoms with Crippen LogP contribution in [0.2, 0.25) is 0 Å². The van der Waals surface area contributed by atoms with E-state index in [9.17, 15) is 92.3 Å². The van der Waals surface area contributed by atoms with E-state index in [1.807, 2.05) is 13.8 Å². The van der Waals surface area contributed by atoms with Crippen molar-refractivity contribution in [3.05, 3.63) is 0 Å². The summed E-state index contributed by atoms with van der Waals surface area (Å²) in [6.45, 7) is 21.7. The molecule has 0 saturated carbocycles. The van der Waals surface area contributed by atoms with Crippen LogP contribution in [0.3, 0.4) is 0 Å². The number of ether oxygens (including phenoxy) is 2. The maximum Gasteiger partial charge on any atom is 0.329 e. The zero-order chi connectivity index (χ0) is 86.4. The van der Waals surface area contributed by atoms with E-state index in [4.69, 9.17) is 38.1 Å². The Bertz CT molecular complexity index is 3260. The van der Waals surface area contributed by atoms with Crippen LogP contribution in [0.1, 0.15) is 168 Å². The van der Waals surface area contributed by atoms with Gasteiger partial charge in [-0.05, 0) is 94.4 Å². The summed E-state index contributed by atoms with van der Waals surface area (Å²) in [6, 6.07) is -21.0. The van der Waals surface area contributed by atoms with E-state index in [0.29, 0.717) is 17.7 Å². The molecular formula is C72H127N17O23. The number of hydrogen-bond acceptors (Lipinski definition) is 24. The first-order chi connectivity index (χ1) is 52.0. The van der Waals surface area contributed by atoms with Crippen molar-refractivity contribution in [3.8, 4) is 0 Å². The number of nitrogens with one attached hydrogen (secondary N) is 10. The third-order valence-corrected chi connectivity index (χ3v) is 20.2. The van der Waals surface area contributed by atoms with Crippen molar-refractivity contribution in [3.63, 3.8) is 0 Å². The van der Waals surface area contributed by atoms with Crippen molar-refractivity contribution in [1.29, 1.82) is 0 Å². The Morgan fingerprint density at radius 3 is 1.63 bits per heavy atom. The molecule has 0 spiro atoms. The molecule has 1 heterocycles. The number of carbonyl (C=O) groups is 17. The molecule has 1 aliphatic rings. The highest BCUT2D eigenvalue weighted by Gasteiger charge is 2.46. The molecule has 16 amide bonds. The topological polar surface area (TPSA) is 646 Å². The minimum atomic E-state index is -2.61. The van der Waals surface area contributed by atoms with Gasteiger partial charge in [-0.3, -0.25) is 76.7 Å². The number of nitrogens with zero attached hydrogens (tertiary/aromatic N) is 2. The highest BCUT2D eigenvalue weighted by Crippen LogP contribution is 2.25. The minimum Gasteiger partial charge on any atom is -0.458 e. The predicted molar refractivity (Wildman–Crippen MR) is 403 cm³/mol. The SMILES string of the molecule is CCC(C)CC1NC(=O)[C@@H](CCCN)NC(=O)C([C@@H](C)O)NC(=O)C(NC(=O)[C@@H](NC(=O)C(O)[C@@H](O)[C@@H](NC(=O)[C@@H](CNC(C)=O)NC(=O)[C@H](C)[C@H](O)C(C)CC(C)CC)C(C)C)[C@@H](C)[C@@H](C)C(N)=O)C(C)OC(=O)[C@H](CC(C)C)N(C)C(=O)C(CC(N)=O)NC(=O)C(C(OC)C(N)=O)NC(=O)[C@H](CCC(N)=O)N(C)C1=O. The van der Waals surface area contributed by atoms with Gasteiger partial charge in [0.05, 0.1) is 30.6 Å². The Hall–Kier alpha value is -9.25. The van der Waals surface area contributed by atoms with Gasteiger partial charge in [0.15, 0.2) is 12.2 Å². The summed E-state index contributed by atoms with van der Waals surface area (Å²) in [4.78, 5) is 241. The quantitative estimate of drug-likeness (QED) is 0.0256. The van der Waals surface area contributed by atoms with Crippen molar-refractivity contribution in [2.75, 3.05) is 34.3 Å². The molecule has 0 bridgehead atoms. The van der Waals surface area contributed by atoms with Crippen molar-refractivity contribution in [2.45, 2.75) is 271 Å². The van der Waals surface area contributed by atoms with Gasteiger partial charge < -0.3 is 122 Å². The molecule has 0 aromatic carbocycles. The number of aliphatic hydroxyl groups is 4. The standard InChI is InChI=1S/C72H127N17O23/c1-19-33(7)27-35(9)55(94)38(12)61(99)82-45(30-78-41(15)91)63(101)83-50(32(5)6)56(95)57(96)69(107)84-51(36(10)37(11)59(76)97)65(103)86-53-40(14)112-72(110)47(26-31(3)4)89(17)71(109)44(29-49(75)93)81-68(106)54(58(111-18)60(77)98)87-64(102)46(23-24-48(74)92)88(16)70(108)43(28-34(8)20-2)80-62(100)42(22-21-25-73)79-66(104)52(39(13)90)85-67(53)105/h31-40,42-47,50-58,90,94-96H,19-30,73H2,1-18H3,(H2,74,92)(H2,75,93)(H2,76,97)(H2,77,98)(H,78,91)(H,79,104)(H,80,100)(H,81,106)(H,82,99)(H,83,101)(H,84,107)(H,85,105)(H,86,103)(H,87,102)/t33?,34?,35?,36-,37+,38+,39+,40?,42+,43?,44?,45+,46-,47-,50-,51-,52?,53?,54?,55+,56-,57?,58?/m0/s1. The summed E-state index contributed by atoms with van der Waals surface area (Å²) in [5, 5.41) is 70.0. The highest BCUT2D eigenvalue weighted by atomic mass is 16.5. The van der Waals surface area contributed by atoms with Crippen LogP contribution in [0.25, 0.3) is 0 Å². The number of aliphatic hydroxyl groups excluding tert-OH is 4. The summed E-state index contributed by atoms with van der Waals surface area (Å²) in [5.41, 5.74) is 28.4. The van der Waals surface area contributed by atoms with Gasteiger partial charge in [0.2, 0.25) is 88.6 Å². The van der Waals surface area contributed by atoms with Gasteiger partial charge in [-0.15, -0.1) is 0 Å². The summed E-state index contributed by atoms with van der Waals surface area (Å²) >= 11 is 0. The molecule has 112 heavy (non-hydrogen) atoms. The van der Waals surface area contributed by atoms with Crippen LogP contribution in [-0.4, -0.2) is 268 Å². The first kappa shape index (κ1) is 101. The van der Waals surface area contributed by atoms with Crippen molar-refractivity contribution < 1.29 is 111 Å². The maximum atomic E-state index is 15.2. The van der Waals surface area contributed by atoms with E-state index in [1.54, 1.807) is 34.6 Å². The van der Waals surface area contributed by atoms with Crippen LogP contribution in [-0.2, 0) is 91.0 Å². The van der Waals surface area contributed by atoms with E-state index in [0.717, 1.165) is 53.3 Å². The average molecular weight is 1600 g/mol. The molecule has 23 atom stereocenters. The van der Waals surface area contributed by atoms with Crippen LogP contribution in [0.5, 0.6) is 0 Å². The molecule has 24 N–H and O–H groups in total. The predicted octanol–water partition coefficient (Wildman–Crippen LogP) is -6.47. The lowest BCUT2D eigenvalue weighted by Gasteiger charge is -2.35. The Morgan fingerprint density at radius 2 is 1.13 bits per heavy atom. The fourth-order valence-corrected chi connectivity index (χ4v) is 12.4. The number of cyclic esters (lactones) is 1. The first-order valence-electron chi connectivity index (χ1n) is 37.8. The number of methoxy groups -OCH3 is 1. The van der Waals surface area contributed by atoms with E-state index in [-0.39, 0.29) is 50.0 Å². The second-order valence-corrected chi connectivity index (χ2v) is 30.3. The smallest absolute Gasteiger partial charge is 0.329 e. The fourth-order valence-electron chi connectivity index (χ4n) is 12.4. The van der Waals surface area contributed by atoms with Crippen molar-refractivity contribution in [1.82, 2.24) is 63.0 Å². The zero-order valence-electron chi connectivity index (χ0n) is 67.7. The molecule has 0 aromatic heterocycles. The molecule has 40 heteroatoms. The van der Waals surface area contributed by atoms with E-state index in [2.05, 4.69) is 53.2 Å². The largest absolute Gasteiger partial charge is 0.458 e. The number of carbonyl (C=O) groups excluding carboxylic acids is 17. The van der Waals surface area contributed by atoms with Crippen LogP contribution in [0, 0.1) is 47.3 Å². The fraction of sp³-hybridized carbons (Fsp3) is 0.764. The van der Waals surface area contributed by atoms with Crippen molar-refractivity contribution >= 4 is 100 Å². The lowest BCUT2D eigenvalue weighted by molar-refractivity contribution is -0.162. The minimum absolute atomic E-state index is 0.00651. The van der Waals surface area contributed by atoms with Crippen molar-refractivity contribution in [2.24, 2.45) is 76.0 Å². The van der Waals surface area contributed by atoms with Gasteiger partial charge in [-0.25, -0.2) is 4.79 Å². The molecule has 0 aromatic rings. The van der Waals surface area contributed by atoms with E-state index in [1.165, 1.54) is 34.6 Å². The van der Waals surface area contributed by atoms with Gasteiger partial charge in [0.25, 0.3) is 5.91 Å². The lowest BCUT2D eigenvalue weighted by atomic mass is 9.85. The second-order valence-electron chi connectivity index (χ2n) is 30.3. The van der Waals surface area contributed by atoms with E-state index >= 15 is 9.59 Å². The number of nitrogens with two attached hydrogens (primary N) is 5. The van der Waals surface area contributed by atoms with Gasteiger partial charge >= 0.3 is 5.97 Å². The van der Waals surface area contributed by atoms with Crippen LogP contribution in [0.4, 0.5) is 0 Å². The number of hydrogen-bond donors (Lipinski definition) is 19. The number of likely N-dealkylation sites (N-methyl/N-ethyl adjacent to an activating group) is 2. The normalized spacial score (nSPS) is 24.2. The lowest BCUT2D eigenvalue weighted by Crippen LogP contribution is -2.65. The Balaban J connectivity index is 4.53. The second kappa shape index (κ2) is 48.0. The number of amides is 16.